The first-order chi connectivity index (χ1) is 9.15. The summed E-state index contributed by atoms with van der Waals surface area (Å²) in [6.07, 6.45) is -2.80. The van der Waals surface area contributed by atoms with Crippen LogP contribution in [-0.2, 0) is 9.59 Å². The predicted molar refractivity (Wildman–Crippen MR) is 65.2 cm³/mol. The molecule has 8 heteroatoms. The van der Waals surface area contributed by atoms with Gasteiger partial charge in [0.1, 0.15) is 0 Å². The lowest BCUT2D eigenvalue weighted by molar-refractivity contribution is -0.172. The molecule has 0 aromatic carbocycles. The number of amides is 1. The fraction of sp³-hybridized carbons (Fsp3) is 0.833. The maximum Gasteiger partial charge on any atom is 0.383 e. The Morgan fingerprint density at radius 1 is 1.35 bits per heavy atom. The number of rotatable bonds is 5. The van der Waals surface area contributed by atoms with Crippen molar-refractivity contribution in [3.05, 3.63) is 0 Å². The molecule has 1 fully saturated rings. The molecule has 1 saturated carbocycles. The standard InChI is InChI=1S/C12H16ClF4NO2/c1-7-2-4-11(5-3-7,8(19)6-13)18-10(20)12(16,17)9(14)15/h7,9H,2-6H2,1H3,(H,18,20). The summed E-state index contributed by atoms with van der Waals surface area (Å²) in [6.45, 7) is 1.92. The van der Waals surface area contributed by atoms with Crippen molar-refractivity contribution in [1.29, 1.82) is 0 Å². The molecule has 0 atom stereocenters. The number of nitrogens with one attached hydrogen (secondary N) is 1. The van der Waals surface area contributed by atoms with Crippen LogP contribution in [0.25, 0.3) is 0 Å². The quantitative estimate of drug-likeness (QED) is 0.626. The molecule has 20 heavy (non-hydrogen) atoms. The first kappa shape index (κ1) is 17.2. The number of hydrogen-bond acceptors (Lipinski definition) is 2. The molecular weight excluding hydrogens is 302 g/mol. The van der Waals surface area contributed by atoms with Gasteiger partial charge in [0, 0.05) is 0 Å². The van der Waals surface area contributed by atoms with Gasteiger partial charge in [-0.3, -0.25) is 9.59 Å². The molecule has 0 aliphatic heterocycles. The molecule has 0 aromatic rings. The van der Waals surface area contributed by atoms with Crippen LogP contribution in [-0.4, -0.2) is 35.5 Å². The van der Waals surface area contributed by atoms with Gasteiger partial charge in [-0.15, -0.1) is 11.6 Å². The van der Waals surface area contributed by atoms with Gasteiger partial charge >= 0.3 is 12.3 Å². The zero-order valence-electron chi connectivity index (χ0n) is 10.9. The third kappa shape index (κ3) is 3.42. The normalized spacial score (nSPS) is 27.4. The van der Waals surface area contributed by atoms with Crippen LogP contribution < -0.4 is 5.32 Å². The van der Waals surface area contributed by atoms with Crippen molar-refractivity contribution >= 4 is 23.3 Å². The van der Waals surface area contributed by atoms with Crippen molar-refractivity contribution < 1.29 is 27.2 Å². The second kappa shape index (κ2) is 6.28. The maximum atomic E-state index is 13.0. The van der Waals surface area contributed by atoms with Crippen molar-refractivity contribution in [3.8, 4) is 0 Å². The number of halogens is 5. The zero-order valence-corrected chi connectivity index (χ0v) is 11.7. The van der Waals surface area contributed by atoms with Crippen LogP contribution >= 0.6 is 11.6 Å². The summed E-state index contributed by atoms with van der Waals surface area (Å²) >= 11 is 5.44. The van der Waals surface area contributed by atoms with E-state index >= 15 is 0 Å². The minimum Gasteiger partial charge on any atom is -0.338 e. The van der Waals surface area contributed by atoms with E-state index in [-0.39, 0.29) is 18.8 Å². The van der Waals surface area contributed by atoms with Gasteiger partial charge in [-0.05, 0) is 31.6 Å². The summed E-state index contributed by atoms with van der Waals surface area (Å²) in [5, 5.41) is 1.82. The van der Waals surface area contributed by atoms with Crippen LogP contribution in [0.5, 0.6) is 0 Å². The summed E-state index contributed by atoms with van der Waals surface area (Å²) in [6, 6.07) is 0. The van der Waals surface area contributed by atoms with Crippen LogP contribution in [0.1, 0.15) is 32.6 Å². The Balaban J connectivity index is 2.92. The van der Waals surface area contributed by atoms with Gasteiger partial charge in [0.15, 0.2) is 5.78 Å². The Morgan fingerprint density at radius 3 is 2.25 bits per heavy atom. The maximum absolute atomic E-state index is 13.0. The van der Waals surface area contributed by atoms with Crippen molar-refractivity contribution in [2.45, 2.75) is 50.5 Å². The van der Waals surface area contributed by atoms with E-state index in [2.05, 4.69) is 0 Å². The van der Waals surface area contributed by atoms with Crippen molar-refractivity contribution in [3.63, 3.8) is 0 Å². The van der Waals surface area contributed by atoms with Gasteiger partial charge in [0.05, 0.1) is 11.4 Å². The van der Waals surface area contributed by atoms with E-state index in [1.165, 1.54) is 0 Å². The second-order valence-corrected chi connectivity index (χ2v) is 5.47. The van der Waals surface area contributed by atoms with Crippen LogP contribution in [0.3, 0.4) is 0 Å². The van der Waals surface area contributed by atoms with Gasteiger partial charge in [-0.2, -0.15) is 8.78 Å². The van der Waals surface area contributed by atoms with E-state index in [0.29, 0.717) is 12.8 Å². The van der Waals surface area contributed by atoms with Gasteiger partial charge in [0.25, 0.3) is 5.91 Å². The lowest BCUT2D eigenvalue weighted by Gasteiger charge is -2.39. The molecule has 0 aromatic heterocycles. The fourth-order valence-corrected chi connectivity index (χ4v) is 2.51. The number of alkyl halides is 5. The topological polar surface area (TPSA) is 46.2 Å². The predicted octanol–water partition coefficient (Wildman–Crippen LogP) is 2.76. The lowest BCUT2D eigenvalue weighted by Crippen LogP contribution is -2.61. The number of hydrogen-bond donors (Lipinski definition) is 1. The molecule has 1 rings (SSSR count). The SMILES string of the molecule is CC1CCC(NC(=O)C(F)(F)C(F)F)(C(=O)CCl)CC1. The van der Waals surface area contributed by atoms with Crippen molar-refractivity contribution in [1.82, 2.24) is 5.32 Å². The average molecular weight is 318 g/mol. The molecule has 116 valence electrons. The summed E-state index contributed by atoms with van der Waals surface area (Å²) in [4.78, 5) is 23.2. The number of carbonyl (C=O) groups excluding carboxylic acids is 2. The minimum atomic E-state index is -4.82. The molecule has 1 aliphatic rings. The third-order valence-corrected chi connectivity index (χ3v) is 3.96. The molecule has 1 amide bonds. The van der Waals surface area contributed by atoms with E-state index < -0.39 is 35.5 Å². The van der Waals surface area contributed by atoms with Gasteiger partial charge in [-0.1, -0.05) is 6.92 Å². The van der Waals surface area contributed by atoms with E-state index in [9.17, 15) is 27.2 Å². The summed E-state index contributed by atoms with van der Waals surface area (Å²) < 4.78 is 50.3. The molecule has 0 bridgehead atoms. The number of ketones is 1. The fourth-order valence-electron chi connectivity index (χ4n) is 2.26. The Hall–Kier alpha value is -0.850. The molecule has 0 spiro atoms. The van der Waals surface area contributed by atoms with Gasteiger partial charge in [-0.25, -0.2) is 8.78 Å². The zero-order chi connectivity index (χ0) is 15.6. The number of carbonyl (C=O) groups is 2. The highest BCUT2D eigenvalue weighted by Gasteiger charge is 2.53. The van der Waals surface area contributed by atoms with Crippen molar-refractivity contribution in [2.24, 2.45) is 5.92 Å². The molecule has 1 aliphatic carbocycles. The largest absolute Gasteiger partial charge is 0.383 e. The molecule has 0 unspecified atom stereocenters. The van der Waals surface area contributed by atoms with Crippen LogP contribution in [0.2, 0.25) is 0 Å². The first-order valence-corrected chi connectivity index (χ1v) is 6.77. The number of Topliss-reactive ketones (excluding diaryl/α,β-unsaturated/α-hetero) is 1. The summed E-state index contributed by atoms with van der Waals surface area (Å²) in [7, 11) is 0. The second-order valence-electron chi connectivity index (χ2n) is 5.20. The summed E-state index contributed by atoms with van der Waals surface area (Å²) in [5.74, 6) is -7.75. The molecule has 0 radical (unpaired) electrons. The summed E-state index contributed by atoms with van der Waals surface area (Å²) in [5.41, 5.74) is -1.55. The van der Waals surface area contributed by atoms with E-state index in [0.717, 1.165) is 0 Å². The molecule has 0 saturated heterocycles. The average Bonchev–Trinajstić information content (AvgIpc) is 2.40. The molecule has 1 N–H and O–H groups in total. The molecule has 3 nitrogen and oxygen atoms in total. The lowest BCUT2D eigenvalue weighted by atomic mass is 9.75. The Bertz CT molecular complexity index is 382. The molecular formula is C12H16ClF4NO2. The highest BCUT2D eigenvalue weighted by molar-refractivity contribution is 6.29. The van der Waals surface area contributed by atoms with Crippen molar-refractivity contribution in [2.75, 3.05) is 5.88 Å². The highest BCUT2D eigenvalue weighted by Crippen LogP contribution is 2.34. The van der Waals surface area contributed by atoms with E-state index in [1.807, 2.05) is 12.2 Å². The van der Waals surface area contributed by atoms with Crippen LogP contribution in [0.15, 0.2) is 0 Å². The minimum absolute atomic E-state index is 0.130. The van der Waals surface area contributed by atoms with E-state index in [4.69, 9.17) is 11.6 Å². The Labute approximate surface area is 119 Å². The first-order valence-electron chi connectivity index (χ1n) is 6.23. The van der Waals surface area contributed by atoms with Crippen LogP contribution in [0.4, 0.5) is 17.6 Å². The van der Waals surface area contributed by atoms with Gasteiger partial charge in [0.2, 0.25) is 0 Å². The molecule has 0 heterocycles. The van der Waals surface area contributed by atoms with Crippen LogP contribution in [0, 0.1) is 5.92 Å². The monoisotopic (exact) mass is 317 g/mol. The Kier molecular flexibility index (Phi) is 5.40. The van der Waals surface area contributed by atoms with E-state index in [1.54, 1.807) is 0 Å². The Morgan fingerprint density at radius 2 is 1.85 bits per heavy atom. The van der Waals surface area contributed by atoms with Gasteiger partial charge < -0.3 is 5.32 Å². The third-order valence-electron chi connectivity index (χ3n) is 3.71. The highest BCUT2D eigenvalue weighted by atomic mass is 35.5. The smallest absolute Gasteiger partial charge is 0.338 e.